The second-order valence-corrected chi connectivity index (χ2v) is 4.82. The Kier molecular flexibility index (Phi) is 3.56. The standard InChI is InChI=1S/C16H16FNO3/c1-10(13-5-4-12(19-2)8-14(13)17)18-11-3-6-15-16(7-11)21-9-20-15/h3-8,10,18H,9H2,1-2H3. The molecule has 1 unspecified atom stereocenters. The molecule has 2 aromatic rings. The van der Waals surface area contributed by atoms with Crippen LogP contribution in [0, 0.1) is 5.82 Å². The van der Waals surface area contributed by atoms with Gasteiger partial charge in [0.2, 0.25) is 6.79 Å². The molecule has 0 amide bonds. The van der Waals surface area contributed by atoms with Crippen LogP contribution in [-0.4, -0.2) is 13.9 Å². The summed E-state index contributed by atoms with van der Waals surface area (Å²) in [7, 11) is 1.52. The Hall–Kier alpha value is -2.43. The van der Waals surface area contributed by atoms with E-state index in [-0.39, 0.29) is 18.7 Å². The topological polar surface area (TPSA) is 39.7 Å². The third-order valence-electron chi connectivity index (χ3n) is 3.43. The van der Waals surface area contributed by atoms with Crippen molar-refractivity contribution in [2.24, 2.45) is 0 Å². The summed E-state index contributed by atoms with van der Waals surface area (Å²) in [5, 5.41) is 3.25. The highest BCUT2D eigenvalue weighted by Gasteiger charge is 2.16. The molecular formula is C16H16FNO3. The lowest BCUT2D eigenvalue weighted by molar-refractivity contribution is 0.174. The molecule has 5 heteroatoms. The second kappa shape index (κ2) is 5.52. The van der Waals surface area contributed by atoms with E-state index in [1.54, 1.807) is 12.1 Å². The van der Waals surface area contributed by atoms with Crippen molar-refractivity contribution >= 4 is 5.69 Å². The average molecular weight is 289 g/mol. The maximum Gasteiger partial charge on any atom is 0.231 e. The van der Waals surface area contributed by atoms with E-state index in [9.17, 15) is 4.39 Å². The van der Waals surface area contributed by atoms with Crippen molar-refractivity contribution < 1.29 is 18.6 Å². The Balaban J connectivity index is 1.78. The molecule has 0 fully saturated rings. The predicted molar refractivity (Wildman–Crippen MR) is 77.6 cm³/mol. The number of ether oxygens (including phenoxy) is 3. The average Bonchev–Trinajstić information content (AvgIpc) is 2.94. The van der Waals surface area contributed by atoms with Crippen LogP contribution in [0.25, 0.3) is 0 Å². The number of hydrogen-bond donors (Lipinski definition) is 1. The zero-order valence-electron chi connectivity index (χ0n) is 11.9. The first kappa shape index (κ1) is 13.5. The van der Waals surface area contributed by atoms with Gasteiger partial charge in [-0.05, 0) is 25.1 Å². The Bertz CT molecular complexity index is 660. The van der Waals surface area contributed by atoms with Crippen molar-refractivity contribution in [1.29, 1.82) is 0 Å². The molecule has 2 aromatic carbocycles. The van der Waals surface area contributed by atoms with Crippen LogP contribution in [0.3, 0.4) is 0 Å². The first-order valence-corrected chi connectivity index (χ1v) is 6.67. The van der Waals surface area contributed by atoms with E-state index in [1.807, 2.05) is 25.1 Å². The number of nitrogens with one attached hydrogen (secondary N) is 1. The quantitative estimate of drug-likeness (QED) is 0.931. The number of hydrogen-bond acceptors (Lipinski definition) is 4. The monoisotopic (exact) mass is 289 g/mol. The van der Waals surface area contributed by atoms with Gasteiger partial charge in [0, 0.05) is 23.4 Å². The summed E-state index contributed by atoms with van der Waals surface area (Å²) in [6.45, 7) is 2.14. The van der Waals surface area contributed by atoms with E-state index in [0.29, 0.717) is 17.1 Å². The first-order chi connectivity index (χ1) is 10.2. The summed E-state index contributed by atoms with van der Waals surface area (Å²) in [6.07, 6.45) is 0. The van der Waals surface area contributed by atoms with E-state index in [2.05, 4.69) is 5.32 Å². The molecule has 0 spiro atoms. The van der Waals surface area contributed by atoms with E-state index in [1.165, 1.54) is 13.2 Å². The molecule has 21 heavy (non-hydrogen) atoms. The molecule has 1 aliphatic rings. The summed E-state index contributed by atoms with van der Waals surface area (Å²) < 4.78 is 29.6. The van der Waals surface area contributed by atoms with Crippen LogP contribution < -0.4 is 19.5 Å². The van der Waals surface area contributed by atoms with Gasteiger partial charge in [0.15, 0.2) is 11.5 Å². The summed E-state index contributed by atoms with van der Waals surface area (Å²) in [5.41, 5.74) is 1.43. The molecule has 0 bridgehead atoms. The Labute approximate surface area is 122 Å². The van der Waals surface area contributed by atoms with Crippen molar-refractivity contribution in [3.8, 4) is 17.2 Å². The van der Waals surface area contributed by atoms with E-state index >= 15 is 0 Å². The summed E-state index contributed by atoms with van der Waals surface area (Å²) in [6, 6.07) is 10.2. The molecule has 0 aliphatic carbocycles. The molecule has 1 heterocycles. The van der Waals surface area contributed by atoms with Crippen molar-refractivity contribution in [2.45, 2.75) is 13.0 Å². The van der Waals surface area contributed by atoms with Gasteiger partial charge in [0.25, 0.3) is 0 Å². The lowest BCUT2D eigenvalue weighted by Crippen LogP contribution is -2.08. The van der Waals surface area contributed by atoms with Crippen LogP contribution >= 0.6 is 0 Å². The fourth-order valence-corrected chi connectivity index (χ4v) is 2.30. The number of rotatable bonds is 4. The van der Waals surface area contributed by atoms with E-state index < -0.39 is 0 Å². The number of fused-ring (bicyclic) bond motifs is 1. The Morgan fingerprint density at radius 1 is 1.14 bits per heavy atom. The van der Waals surface area contributed by atoms with Crippen LogP contribution in [0.15, 0.2) is 36.4 Å². The zero-order valence-corrected chi connectivity index (χ0v) is 11.9. The molecule has 4 nitrogen and oxygen atoms in total. The maximum absolute atomic E-state index is 14.0. The lowest BCUT2D eigenvalue weighted by atomic mass is 10.1. The summed E-state index contributed by atoms with van der Waals surface area (Å²) in [4.78, 5) is 0. The van der Waals surface area contributed by atoms with Gasteiger partial charge in [0.05, 0.1) is 13.2 Å². The summed E-state index contributed by atoms with van der Waals surface area (Å²) in [5.74, 6) is 1.63. The highest BCUT2D eigenvalue weighted by molar-refractivity contribution is 5.56. The Morgan fingerprint density at radius 2 is 1.95 bits per heavy atom. The molecule has 110 valence electrons. The van der Waals surface area contributed by atoms with Gasteiger partial charge in [-0.1, -0.05) is 6.07 Å². The normalized spacial score (nSPS) is 13.9. The van der Waals surface area contributed by atoms with Crippen LogP contribution in [0.4, 0.5) is 10.1 Å². The number of halogens is 1. The molecule has 1 N–H and O–H groups in total. The van der Waals surface area contributed by atoms with E-state index in [4.69, 9.17) is 14.2 Å². The predicted octanol–water partition coefficient (Wildman–Crippen LogP) is 3.74. The van der Waals surface area contributed by atoms with Crippen molar-refractivity contribution in [3.05, 3.63) is 47.8 Å². The van der Waals surface area contributed by atoms with Gasteiger partial charge in [-0.3, -0.25) is 0 Å². The lowest BCUT2D eigenvalue weighted by Gasteiger charge is -2.17. The van der Waals surface area contributed by atoms with Crippen molar-refractivity contribution in [3.63, 3.8) is 0 Å². The van der Waals surface area contributed by atoms with Crippen LogP contribution in [0.5, 0.6) is 17.2 Å². The summed E-state index contributed by atoms with van der Waals surface area (Å²) >= 11 is 0. The second-order valence-electron chi connectivity index (χ2n) is 4.82. The zero-order chi connectivity index (χ0) is 14.8. The third-order valence-corrected chi connectivity index (χ3v) is 3.43. The van der Waals surface area contributed by atoms with Crippen LogP contribution in [0.2, 0.25) is 0 Å². The highest BCUT2D eigenvalue weighted by Crippen LogP contribution is 2.35. The van der Waals surface area contributed by atoms with Gasteiger partial charge in [-0.15, -0.1) is 0 Å². The molecular weight excluding hydrogens is 273 g/mol. The molecule has 0 saturated carbocycles. The minimum absolute atomic E-state index is 0.184. The number of benzene rings is 2. The first-order valence-electron chi connectivity index (χ1n) is 6.67. The number of anilines is 1. The molecule has 0 saturated heterocycles. The molecule has 3 rings (SSSR count). The molecule has 1 atom stereocenters. The van der Waals surface area contributed by atoms with Gasteiger partial charge in [-0.25, -0.2) is 4.39 Å². The fourth-order valence-electron chi connectivity index (χ4n) is 2.30. The smallest absolute Gasteiger partial charge is 0.231 e. The van der Waals surface area contributed by atoms with Crippen LogP contribution in [0.1, 0.15) is 18.5 Å². The minimum Gasteiger partial charge on any atom is -0.497 e. The third kappa shape index (κ3) is 2.72. The molecule has 0 radical (unpaired) electrons. The van der Waals surface area contributed by atoms with Crippen molar-refractivity contribution in [1.82, 2.24) is 0 Å². The SMILES string of the molecule is COc1ccc(C(C)Nc2ccc3c(c2)OCO3)c(F)c1. The largest absolute Gasteiger partial charge is 0.497 e. The van der Waals surface area contributed by atoms with Gasteiger partial charge < -0.3 is 19.5 Å². The van der Waals surface area contributed by atoms with Crippen molar-refractivity contribution in [2.75, 3.05) is 19.2 Å². The van der Waals surface area contributed by atoms with Gasteiger partial charge in [0.1, 0.15) is 11.6 Å². The minimum atomic E-state index is -0.296. The fraction of sp³-hybridized carbons (Fsp3) is 0.250. The van der Waals surface area contributed by atoms with Gasteiger partial charge >= 0.3 is 0 Å². The molecule has 0 aromatic heterocycles. The Morgan fingerprint density at radius 3 is 2.71 bits per heavy atom. The maximum atomic E-state index is 14.0. The molecule has 1 aliphatic heterocycles. The highest BCUT2D eigenvalue weighted by atomic mass is 19.1. The van der Waals surface area contributed by atoms with Crippen LogP contribution in [-0.2, 0) is 0 Å². The van der Waals surface area contributed by atoms with Gasteiger partial charge in [-0.2, -0.15) is 0 Å². The number of methoxy groups -OCH3 is 1. The van der Waals surface area contributed by atoms with E-state index in [0.717, 1.165) is 11.4 Å².